The Morgan fingerprint density at radius 2 is 1.93 bits per heavy atom. The van der Waals surface area contributed by atoms with Crippen LogP contribution in [-0.2, 0) is 13.2 Å². The lowest BCUT2D eigenvalue weighted by Gasteiger charge is -2.14. The van der Waals surface area contributed by atoms with Crippen LogP contribution in [0.4, 0.5) is 0 Å². The summed E-state index contributed by atoms with van der Waals surface area (Å²) in [4.78, 5) is 12.6. The van der Waals surface area contributed by atoms with Crippen molar-refractivity contribution in [2.24, 2.45) is 0 Å². The summed E-state index contributed by atoms with van der Waals surface area (Å²) in [6.45, 7) is 13.4. The fourth-order valence-electron chi connectivity index (χ4n) is 3.52. The van der Waals surface area contributed by atoms with Gasteiger partial charge in [-0.15, -0.1) is 0 Å². The monoisotopic (exact) mass is 409 g/mol. The maximum atomic E-state index is 12.6. The number of amides is 1. The number of carbonyl (C=O) groups is 1. The van der Waals surface area contributed by atoms with Crippen molar-refractivity contribution in [2.45, 2.75) is 66.7 Å². The minimum atomic E-state index is -0.254. The van der Waals surface area contributed by atoms with Crippen LogP contribution in [0.5, 0.6) is 5.75 Å². The quantitative estimate of drug-likeness (QED) is 0.548. The molecule has 0 saturated carbocycles. The fraction of sp³-hybridized carbons (Fsp3) is 0.417. The van der Waals surface area contributed by atoms with E-state index in [0.717, 1.165) is 34.7 Å². The molecule has 6 nitrogen and oxygen atoms in total. The highest BCUT2D eigenvalue weighted by Crippen LogP contribution is 2.28. The first-order valence-corrected chi connectivity index (χ1v) is 10.4. The standard InChI is InChI=1S/C24H31N3O3/c1-7-27-18(6)21(13-25-27)17(5)26-24(28)22-11-9-19(30-22)14-29-23-12-16(4)8-10-20(23)15(2)3/h8-13,15,17H,7,14H2,1-6H3,(H,26,28). The maximum Gasteiger partial charge on any atom is 0.287 e. The molecule has 0 saturated heterocycles. The van der Waals surface area contributed by atoms with E-state index in [2.05, 4.69) is 36.4 Å². The van der Waals surface area contributed by atoms with Gasteiger partial charge >= 0.3 is 0 Å². The van der Waals surface area contributed by atoms with E-state index >= 15 is 0 Å². The number of nitrogens with zero attached hydrogens (tertiary/aromatic N) is 2. The van der Waals surface area contributed by atoms with Gasteiger partial charge in [-0.3, -0.25) is 9.48 Å². The summed E-state index contributed by atoms with van der Waals surface area (Å²) < 4.78 is 13.7. The van der Waals surface area contributed by atoms with Gasteiger partial charge in [0, 0.05) is 17.8 Å². The average Bonchev–Trinajstić information content (AvgIpc) is 3.32. The molecule has 30 heavy (non-hydrogen) atoms. The number of aromatic nitrogens is 2. The molecule has 0 radical (unpaired) electrons. The Morgan fingerprint density at radius 3 is 2.60 bits per heavy atom. The second-order valence-corrected chi connectivity index (χ2v) is 7.95. The number of carbonyl (C=O) groups excluding carboxylic acids is 1. The van der Waals surface area contributed by atoms with Gasteiger partial charge < -0.3 is 14.5 Å². The Bertz CT molecular complexity index is 1020. The minimum Gasteiger partial charge on any atom is -0.485 e. The Balaban J connectivity index is 1.64. The van der Waals surface area contributed by atoms with Crippen LogP contribution in [-0.4, -0.2) is 15.7 Å². The van der Waals surface area contributed by atoms with E-state index in [9.17, 15) is 4.79 Å². The third-order valence-electron chi connectivity index (χ3n) is 5.30. The van der Waals surface area contributed by atoms with Crippen LogP contribution in [0.15, 0.2) is 40.9 Å². The molecule has 0 fully saturated rings. The molecular formula is C24H31N3O3. The summed E-state index contributed by atoms with van der Waals surface area (Å²) in [6.07, 6.45) is 1.80. The average molecular weight is 410 g/mol. The van der Waals surface area contributed by atoms with Gasteiger partial charge in [-0.1, -0.05) is 26.0 Å². The van der Waals surface area contributed by atoms with Gasteiger partial charge in [0.2, 0.25) is 0 Å². The van der Waals surface area contributed by atoms with Crippen LogP contribution in [0.2, 0.25) is 0 Å². The third kappa shape index (κ3) is 4.75. The lowest BCUT2D eigenvalue weighted by Crippen LogP contribution is -2.26. The van der Waals surface area contributed by atoms with E-state index in [4.69, 9.17) is 9.15 Å². The van der Waals surface area contributed by atoms with Crippen molar-refractivity contribution in [2.75, 3.05) is 0 Å². The van der Waals surface area contributed by atoms with Gasteiger partial charge in [0.1, 0.15) is 18.1 Å². The second-order valence-electron chi connectivity index (χ2n) is 7.95. The number of furan rings is 1. The van der Waals surface area contributed by atoms with Crippen molar-refractivity contribution in [3.05, 3.63) is 70.4 Å². The van der Waals surface area contributed by atoms with E-state index in [1.165, 1.54) is 0 Å². The molecule has 0 aliphatic carbocycles. The lowest BCUT2D eigenvalue weighted by molar-refractivity contribution is 0.0907. The zero-order chi connectivity index (χ0) is 21.8. The Morgan fingerprint density at radius 1 is 1.17 bits per heavy atom. The molecule has 160 valence electrons. The molecule has 0 aliphatic rings. The first-order chi connectivity index (χ1) is 14.3. The van der Waals surface area contributed by atoms with Crippen LogP contribution in [0.3, 0.4) is 0 Å². The lowest BCUT2D eigenvalue weighted by atomic mass is 10.0. The van der Waals surface area contributed by atoms with Gasteiger partial charge in [-0.2, -0.15) is 5.10 Å². The van der Waals surface area contributed by atoms with Crippen molar-refractivity contribution in [1.29, 1.82) is 0 Å². The first kappa shape index (κ1) is 21.7. The summed E-state index contributed by atoms with van der Waals surface area (Å²) in [6, 6.07) is 9.52. The van der Waals surface area contributed by atoms with Gasteiger partial charge in [-0.05, 0) is 62.9 Å². The molecule has 1 atom stereocenters. The number of rotatable bonds is 8. The number of hydrogen-bond donors (Lipinski definition) is 1. The Labute approximate surface area is 178 Å². The van der Waals surface area contributed by atoms with Crippen molar-refractivity contribution in [3.63, 3.8) is 0 Å². The van der Waals surface area contributed by atoms with E-state index in [0.29, 0.717) is 11.7 Å². The number of hydrogen-bond acceptors (Lipinski definition) is 4. The van der Waals surface area contributed by atoms with Crippen LogP contribution in [0.25, 0.3) is 0 Å². The summed E-state index contributed by atoms with van der Waals surface area (Å²) in [7, 11) is 0. The van der Waals surface area contributed by atoms with Gasteiger partial charge in [0.25, 0.3) is 5.91 Å². The van der Waals surface area contributed by atoms with Crippen molar-refractivity contribution in [1.82, 2.24) is 15.1 Å². The number of ether oxygens (including phenoxy) is 1. The third-order valence-corrected chi connectivity index (χ3v) is 5.30. The highest BCUT2D eigenvalue weighted by molar-refractivity contribution is 5.91. The molecule has 0 spiro atoms. The molecular weight excluding hydrogens is 378 g/mol. The van der Waals surface area contributed by atoms with Gasteiger partial charge in [0.05, 0.1) is 12.2 Å². The SMILES string of the molecule is CCn1ncc(C(C)NC(=O)c2ccc(COc3cc(C)ccc3C(C)C)o2)c1C. The molecule has 2 aromatic heterocycles. The highest BCUT2D eigenvalue weighted by atomic mass is 16.5. The number of benzene rings is 1. The highest BCUT2D eigenvalue weighted by Gasteiger charge is 2.18. The normalized spacial score (nSPS) is 12.2. The van der Waals surface area contributed by atoms with Crippen LogP contribution >= 0.6 is 0 Å². The molecule has 1 amide bonds. The number of aryl methyl sites for hydroxylation is 2. The Kier molecular flexibility index (Phi) is 6.65. The summed E-state index contributed by atoms with van der Waals surface area (Å²) >= 11 is 0. The molecule has 3 rings (SSSR count). The van der Waals surface area contributed by atoms with Crippen LogP contribution in [0.1, 0.15) is 78.4 Å². The van der Waals surface area contributed by atoms with Crippen molar-refractivity contribution < 1.29 is 13.9 Å². The van der Waals surface area contributed by atoms with Crippen LogP contribution < -0.4 is 10.1 Å². The van der Waals surface area contributed by atoms with E-state index < -0.39 is 0 Å². The van der Waals surface area contributed by atoms with E-state index in [-0.39, 0.29) is 24.3 Å². The zero-order valence-electron chi connectivity index (χ0n) is 18.7. The van der Waals surface area contributed by atoms with E-state index in [1.54, 1.807) is 18.3 Å². The fourth-order valence-corrected chi connectivity index (χ4v) is 3.52. The molecule has 1 unspecified atom stereocenters. The maximum absolute atomic E-state index is 12.6. The van der Waals surface area contributed by atoms with Crippen LogP contribution in [0, 0.1) is 13.8 Å². The van der Waals surface area contributed by atoms with Gasteiger partial charge in [-0.25, -0.2) is 0 Å². The largest absolute Gasteiger partial charge is 0.485 e. The molecule has 1 N–H and O–H groups in total. The number of nitrogens with one attached hydrogen (secondary N) is 1. The topological polar surface area (TPSA) is 69.3 Å². The van der Waals surface area contributed by atoms with E-state index in [1.807, 2.05) is 38.4 Å². The smallest absolute Gasteiger partial charge is 0.287 e. The molecule has 1 aromatic carbocycles. The molecule has 0 bridgehead atoms. The second kappa shape index (κ2) is 9.20. The molecule has 0 aliphatic heterocycles. The molecule has 6 heteroatoms. The molecule has 3 aromatic rings. The predicted octanol–water partition coefficient (Wildman–Crippen LogP) is 5.31. The van der Waals surface area contributed by atoms with Crippen molar-refractivity contribution in [3.8, 4) is 5.75 Å². The zero-order valence-corrected chi connectivity index (χ0v) is 18.7. The first-order valence-electron chi connectivity index (χ1n) is 10.4. The Hall–Kier alpha value is -3.02. The van der Waals surface area contributed by atoms with Crippen molar-refractivity contribution >= 4 is 5.91 Å². The predicted molar refractivity (Wildman–Crippen MR) is 117 cm³/mol. The van der Waals surface area contributed by atoms with Gasteiger partial charge in [0.15, 0.2) is 5.76 Å². The minimum absolute atomic E-state index is 0.163. The molecule has 2 heterocycles. The summed E-state index contributed by atoms with van der Waals surface area (Å²) in [5, 5.41) is 7.33. The summed E-state index contributed by atoms with van der Waals surface area (Å²) in [5.41, 5.74) is 4.35. The summed E-state index contributed by atoms with van der Waals surface area (Å²) in [5.74, 6) is 1.84.